The number of hydrogen-bond acceptors (Lipinski definition) is 3. The minimum atomic E-state index is -0.564. The summed E-state index contributed by atoms with van der Waals surface area (Å²) in [5.41, 5.74) is 5.13. The molecule has 0 amide bonds. The number of allylic oxidation sites excluding steroid dienone is 6. The average Bonchev–Trinajstić information content (AvgIpc) is 3.44. The molecule has 0 saturated heterocycles. The Hall–Kier alpha value is -4.38. The lowest BCUT2D eigenvalue weighted by Gasteiger charge is -2.15. The molecular weight excluding hydrogens is 424 g/mol. The van der Waals surface area contributed by atoms with Crippen LogP contribution in [0, 0.1) is 0 Å². The number of carbonyl (C=O) groups excluding carboxylic acids is 2. The highest BCUT2D eigenvalue weighted by molar-refractivity contribution is 6.46. The van der Waals surface area contributed by atoms with Crippen molar-refractivity contribution >= 4 is 44.5 Å². The van der Waals surface area contributed by atoms with E-state index in [4.69, 9.17) is 0 Å². The van der Waals surface area contributed by atoms with Crippen molar-refractivity contribution in [1.82, 2.24) is 9.97 Å². The van der Waals surface area contributed by atoms with Crippen LogP contribution in [0.2, 0.25) is 0 Å². The number of hydrogen-bond donors (Lipinski definition) is 3. The van der Waals surface area contributed by atoms with E-state index in [2.05, 4.69) is 22.6 Å². The van der Waals surface area contributed by atoms with Crippen molar-refractivity contribution < 1.29 is 14.7 Å². The van der Waals surface area contributed by atoms with E-state index < -0.39 is 17.3 Å². The smallest absolute Gasteiger partial charge is 0.228 e. The predicted octanol–water partition coefficient (Wildman–Crippen LogP) is 6.00. The SMILES string of the molecule is C=CCc1ccc2[nH]cc(C3=C(O)C(=O)C(c4c[nH]c5ccc(C/C=C/C)cc45)=CC3=O)c2c1. The van der Waals surface area contributed by atoms with E-state index in [1.165, 1.54) is 6.08 Å². The Bertz CT molecular complexity index is 1570. The first kappa shape index (κ1) is 21.5. The average molecular weight is 449 g/mol. The lowest BCUT2D eigenvalue weighted by molar-refractivity contribution is -0.115. The second kappa shape index (κ2) is 8.52. The molecule has 1 aliphatic carbocycles. The largest absolute Gasteiger partial charge is 0.504 e. The zero-order chi connectivity index (χ0) is 23.8. The maximum absolute atomic E-state index is 13.3. The molecule has 0 aliphatic heterocycles. The van der Waals surface area contributed by atoms with Gasteiger partial charge in [0.15, 0.2) is 11.5 Å². The first-order valence-corrected chi connectivity index (χ1v) is 11.2. The van der Waals surface area contributed by atoms with Crippen LogP contribution in [-0.4, -0.2) is 26.6 Å². The standard InChI is InChI=1S/C29H24N2O3/c1-3-5-7-18-9-11-24-19(13-18)22(15-30-24)21-14-26(32)27(29(34)28(21)33)23-16-31-25-10-8-17(6-4-2)12-20(23)25/h3-5,8-16,30-31,34H,2,6-7H2,1H3/b5-3+. The Morgan fingerprint density at radius 1 is 0.912 bits per heavy atom. The Morgan fingerprint density at radius 3 is 2.18 bits per heavy atom. The number of H-pyrrole nitrogens is 2. The van der Waals surface area contributed by atoms with Gasteiger partial charge in [-0.15, -0.1) is 6.58 Å². The highest BCUT2D eigenvalue weighted by Gasteiger charge is 2.32. The molecule has 0 radical (unpaired) electrons. The zero-order valence-corrected chi connectivity index (χ0v) is 18.8. The van der Waals surface area contributed by atoms with Crippen molar-refractivity contribution in [3.8, 4) is 0 Å². The van der Waals surface area contributed by atoms with Crippen molar-refractivity contribution in [2.45, 2.75) is 19.8 Å². The van der Waals surface area contributed by atoms with Crippen molar-refractivity contribution in [3.05, 3.63) is 108 Å². The molecule has 3 N–H and O–H groups in total. The highest BCUT2D eigenvalue weighted by Crippen LogP contribution is 2.36. The number of aliphatic hydroxyl groups is 1. The maximum Gasteiger partial charge on any atom is 0.228 e. The summed E-state index contributed by atoms with van der Waals surface area (Å²) in [5.74, 6) is -1.50. The van der Waals surface area contributed by atoms with Crippen LogP contribution in [0.1, 0.15) is 29.2 Å². The summed E-state index contributed by atoms with van der Waals surface area (Å²) in [5, 5.41) is 12.6. The van der Waals surface area contributed by atoms with Crippen molar-refractivity contribution in [2.24, 2.45) is 0 Å². The zero-order valence-electron chi connectivity index (χ0n) is 18.8. The van der Waals surface area contributed by atoms with Crippen LogP contribution >= 0.6 is 0 Å². The Balaban J connectivity index is 1.58. The first-order valence-electron chi connectivity index (χ1n) is 11.2. The normalized spacial score (nSPS) is 14.6. The second-order valence-corrected chi connectivity index (χ2v) is 8.41. The molecule has 0 bridgehead atoms. The van der Waals surface area contributed by atoms with E-state index in [-0.39, 0.29) is 11.1 Å². The van der Waals surface area contributed by atoms with Crippen LogP contribution in [0.3, 0.4) is 0 Å². The molecule has 0 spiro atoms. The molecule has 2 aromatic carbocycles. The molecule has 0 atom stereocenters. The van der Waals surface area contributed by atoms with Gasteiger partial charge in [0.05, 0.1) is 5.57 Å². The number of fused-ring (bicyclic) bond motifs is 2. The molecule has 2 heterocycles. The molecule has 168 valence electrons. The van der Waals surface area contributed by atoms with E-state index in [1.807, 2.05) is 49.4 Å². The number of Topliss-reactive ketones (excluding diaryl/α,β-unsaturated/α-hetero) is 1. The van der Waals surface area contributed by atoms with Crippen LogP contribution in [0.4, 0.5) is 0 Å². The van der Waals surface area contributed by atoms with Gasteiger partial charge in [0.2, 0.25) is 5.78 Å². The summed E-state index contributed by atoms with van der Waals surface area (Å²) in [6.07, 6.45) is 12.0. The molecule has 5 nitrogen and oxygen atoms in total. The summed E-state index contributed by atoms with van der Waals surface area (Å²) >= 11 is 0. The summed E-state index contributed by atoms with van der Waals surface area (Å²) in [6, 6.07) is 11.8. The van der Waals surface area contributed by atoms with Gasteiger partial charge in [-0.2, -0.15) is 0 Å². The molecule has 4 aromatic rings. The number of nitrogens with one attached hydrogen (secondary N) is 2. The van der Waals surface area contributed by atoms with Gasteiger partial charge in [-0.1, -0.05) is 30.4 Å². The van der Waals surface area contributed by atoms with E-state index >= 15 is 0 Å². The molecule has 0 unspecified atom stereocenters. The molecule has 5 heteroatoms. The molecule has 5 rings (SSSR count). The predicted molar refractivity (Wildman–Crippen MR) is 137 cm³/mol. The number of aliphatic hydroxyl groups excluding tert-OH is 1. The summed E-state index contributed by atoms with van der Waals surface area (Å²) < 4.78 is 0. The lowest BCUT2D eigenvalue weighted by atomic mass is 9.87. The number of aromatic amines is 2. The Morgan fingerprint density at radius 2 is 1.53 bits per heavy atom. The van der Waals surface area contributed by atoms with Gasteiger partial charge >= 0.3 is 0 Å². The van der Waals surface area contributed by atoms with Crippen molar-refractivity contribution in [1.29, 1.82) is 0 Å². The van der Waals surface area contributed by atoms with E-state index in [1.54, 1.807) is 18.5 Å². The van der Waals surface area contributed by atoms with Gasteiger partial charge in [-0.3, -0.25) is 9.59 Å². The fourth-order valence-electron chi connectivity index (χ4n) is 4.53. The molecule has 2 aromatic heterocycles. The van der Waals surface area contributed by atoms with E-state index in [0.29, 0.717) is 17.5 Å². The summed E-state index contributed by atoms with van der Waals surface area (Å²) in [4.78, 5) is 32.9. The fourth-order valence-corrected chi connectivity index (χ4v) is 4.53. The van der Waals surface area contributed by atoms with Gasteiger partial charge in [0, 0.05) is 50.9 Å². The van der Waals surface area contributed by atoms with Crippen LogP contribution in [0.5, 0.6) is 0 Å². The fraction of sp³-hybridized carbons (Fsp3) is 0.103. The van der Waals surface area contributed by atoms with Crippen LogP contribution in [-0.2, 0) is 22.4 Å². The quantitative estimate of drug-likeness (QED) is 0.250. The third kappa shape index (κ3) is 3.52. The number of carbonyl (C=O) groups is 2. The maximum atomic E-state index is 13.3. The molecule has 0 saturated carbocycles. The number of aromatic nitrogens is 2. The number of benzene rings is 2. The third-order valence-electron chi connectivity index (χ3n) is 6.24. The van der Waals surface area contributed by atoms with Crippen molar-refractivity contribution in [2.75, 3.05) is 0 Å². The van der Waals surface area contributed by atoms with Crippen LogP contribution < -0.4 is 0 Å². The van der Waals surface area contributed by atoms with Gasteiger partial charge in [0.1, 0.15) is 0 Å². The van der Waals surface area contributed by atoms with E-state index in [9.17, 15) is 14.7 Å². The number of ketones is 2. The first-order chi connectivity index (χ1) is 16.5. The van der Waals surface area contributed by atoms with Gasteiger partial charge in [-0.25, -0.2) is 0 Å². The Kier molecular flexibility index (Phi) is 5.38. The summed E-state index contributed by atoms with van der Waals surface area (Å²) in [6.45, 7) is 5.74. The summed E-state index contributed by atoms with van der Waals surface area (Å²) in [7, 11) is 0. The van der Waals surface area contributed by atoms with Gasteiger partial charge in [-0.05, 0) is 61.2 Å². The van der Waals surface area contributed by atoms with Gasteiger partial charge < -0.3 is 15.1 Å². The second-order valence-electron chi connectivity index (χ2n) is 8.41. The lowest BCUT2D eigenvalue weighted by Crippen LogP contribution is -2.17. The van der Waals surface area contributed by atoms with Crippen LogP contribution in [0.15, 0.2) is 85.4 Å². The topological polar surface area (TPSA) is 85.9 Å². The van der Waals surface area contributed by atoms with Gasteiger partial charge in [0.25, 0.3) is 0 Å². The Labute approximate surface area is 196 Å². The van der Waals surface area contributed by atoms with E-state index in [0.717, 1.165) is 39.4 Å². The minimum absolute atomic E-state index is 0.0179. The molecule has 34 heavy (non-hydrogen) atoms. The van der Waals surface area contributed by atoms with Crippen LogP contribution in [0.25, 0.3) is 33.0 Å². The monoisotopic (exact) mass is 448 g/mol. The number of rotatable bonds is 6. The molecular formula is C29H24N2O3. The van der Waals surface area contributed by atoms with Crippen molar-refractivity contribution in [3.63, 3.8) is 0 Å². The molecule has 0 fully saturated rings. The third-order valence-corrected chi connectivity index (χ3v) is 6.24. The molecule has 1 aliphatic rings. The minimum Gasteiger partial charge on any atom is -0.504 e. The highest BCUT2D eigenvalue weighted by atomic mass is 16.3.